The number of furan rings is 1. The molecule has 31 heavy (non-hydrogen) atoms. The van der Waals surface area contributed by atoms with Gasteiger partial charge in [-0.2, -0.15) is 18.3 Å². The molecule has 1 aliphatic heterocycles. The molecule has 0 spiro atoms. The number of carbonyl (C=O) groups excluding carboxylic acids is 2. The van der Waals surface area contributed by atoms with Gasteiger partial charge in [-0.3, -0.25) is 9.59 Å². The van der Waals surface area contributed by atoms with Crippen LogP contribution in [0.25, 0.3) is 5.69 Å². The van der Waals surface area contributed by atoms with Crippen LogP contribution in [0.4, 0.5) is 18.9 Å². The number of amides is 2. The smallest absolute Gasteiger partial charge is 0.416 e. The highest BCUT2D eigenvalue weighted by molar-refractivity contribution is 5.97. The summed E-state index contributed by atoms with van der Waals surface area (Å²) < 4.78 is 46.0. The van der Waals surface area contributed by atoms with Gasteiger partial charge in [-0.05, 0) is 43.2 Å². The second kappa shape index (κ2) is 8.29. The van der Waals surface area contributed by atoms with Gasteiger partial charge >= 0.3 is 6.18 Å². The zero-order chi connectivity index (χ0) is 22.0. The van der Waals surface area contributed by atoms with Gasteiger partial charge in [-0.1, -0.05) is 0 Å². The number of carbonyl (C=O) groups is 2. The highest BCUT2D eigenvalue weighted by atomic mass is 19.4. The second-order valence-corrected chi connectivity index (χ2v) is 7.27. The molecule has 7 nitrogen and oxygen atoms in total. The Bertz CT molecular complexity index is 1060. The Morgan fingerprint density at radius 1 is 1.23 bits per heavy atom. The lowest BCUT2D eigenvalue weighted by Gasteiger charge is -2.32. The molecule has 1 saturated heterocycles. The maximum atomic E-state index is 13.2. The molecule has 2 aromatic heterocycles. The van der Waals surface area contributed by atoms with E-state index in [1.807, 2.05) is 0 Å². The first-order valence-electron chi connectivity index (χ1n) is 9.66. The summed E-state index contributed by atoms with van der Waals surface area (Å²) in [4.78, 5) is 27.0. The Morgan fingerprint density at radius 3 is 2.74 bits per heavy atom. The molecule has 162 valence electrons. The molecule has 4 rings (SSSR count). The first kappa shape index (κ1) is 20.7. The van der Waals surface area contributed by atoms with Crippen molar-refractivity contribution in [1.82, 2.24) is 14.7 Å². The highest BCUT2D eigenvalue weighted by Crippen LogP contribution is 2.33. The van der Waals surface area contributed by atoms with Crippen molar-refractivity contribution in [2.75, 3.05) is 18.4 Å². The van der Waals surface area contributed by atoms with Crippen LogP contribution < -0.4 is 5.32 Å². The number of aromatic nitrogens is 2. The number of anilines is 1. The van der Waals surface area contributed by atoms with E-state index in [0.717, 1.165) is 12.1 Å². The van der Waals surface area contributed by atoms with Crippen LogP contribution in [0.1, 0.15) is 28.8 Å². The van der Waals surface area contributed by atoms with E-state index in [2.05, 4.69) is 10.4 Å². The summed E-state index contributed by atoms with van der Waals surface area (Å²) in [5, 5.41) is 6.66. The first-order chi connectivity index (χ1) is 14.8. The molecule has 0 radical (unpaired) electrons. The number of nitrogens with zero attached hydrogens (tertiary/aromatic N) is 3. The summed E-state index contributed by atoms with van der Waals surface area (Å²) in [6.45, 7) is 0.668. The van der Waals surface area contributed by atoms with Crippen molar-refractivity contribution in [3.8, 4) is 5.69 Å². The molecule has 2 amide bonds. The van der Waals surface area contributed by atoms with Gasteiger partial charge in [-0.25, -0.2) is 4.68 Å². The minimum Gasteiger partial charge on any atom is -0.472 e. The van der Waals surface area contributed by atoms with Crippen molar-refractivity contribution < 1.29 is 27.2 Å². The predicted octanol–water partition coefficient (Wildman–Crippen LogP) is 3.98. The highest BCUT2D eigenvalue weighted by Gasteiger charge is 2.33. The third-order valence-corrected chi connectivity index (χ3v) is 5.18. The van der Waals surface area contributed by atoms with E-state index < -0.39 is 23.6 Å². The molecule has 1 fully saturated rings. The fourth-order valence-electron chi connectivity index (χ4n) is 3.60. The number of likely N-dealkylation sites (tertiary alicyclic amines) is 1. The molecule has 3 aromatic rings. The maximum absolute atomic E-state index is 13.2. The van der Waals surface area contributed by atoms with E-state index >= 15 is 0 Å². The summed E-state index contributed by atoms with van der Waals surface area (Å²) in [5.41, 5.74) is -0.172. The normalized spacial score (nSPS) is 16.9. The Balaban J connectivity index is 1.55. The van der Waals surface area contributed by atoms with E-state index in [0.29, 0.717) is 30.6 Å². The van der Waals surface area contributed by atoms with E-state index in [9.17, 15) is 22.8 Å². The molecular formula is C21H19F3N4O3. The number of alkyl halides is 3. The Labute approximate surface area is 175 Å². The van der Waals surface area contributed by atoms with Gasteiger partial charge in [-0.15, -0.1) is 0 Å². The monoisotopic (exact) mass is 432 g/mol. The molecule has 10 heteroatoms. The average molecular weight is 432 g/mol. The number of hydrogen-bond donors (Lipinski definition) is 1. The fraction of sp³-hybridized carbons (Fsp3) is 0.286. The molecular weight excluding hydrogens is 413 g/mol. The van der Waals surface area contributed by atoms with Gasteiger partial charge in [0.25, 0.3) is 5.91 Å². The molecule has 0 aliphatic carbocycles. The van der Waals surface area contributed by atoms with Gasteiger partial charge < -0.3 is 14.6 Å². The van der Waals surface area contributed by atoms with Crippen LogP contribution in [0.5, 0.6) is 0 Å². The number of benzene rings is 1. The van der Waals surface area contributed by atoms with Crippen molar-refractivity contribution in [2.45, 2.75) is 19.0 Å². The van der Waals surface area contributed by atoms with Crippen molar-refractivity contribution in [2.24, 2.45) is 5.92 Å². The summed E-state index contributed by atoms with van der Waals surface area (Å²) >= 11 is 0. The summed E-state index contributed by atoms with van der Waals surface area (Å²) in [6.07, 6.45) is 2.37. The molecule has 1 aromatic carbocycles. The van der Waals surface area contributed by atoms with Crippen molar-refractivity contribution in [1.29, 1.82) is 0 Å². The lowest BCUT2D eigenvalue weighted by atomic mass is 9.96. The molecule has 1 aliphatic rings. The molecule has 3 heterocycles. The topological polar surface area (TPSA) is 80.4 Å². The largest absolute Gasteiger partial charge is 0.472 e. The quantitative estimate of drug-likeness (QED) is 0.677. The molecule has 1 N–H and O–H groups in total. The maximum Gasteiger partial charge on any atom is 0.416 e. The van der Waals surface area contributed by atoms with Crippen LogP contribution >= 0.6 is 0 Å². The molecule has 1 unspecified atom stereocenters. The fourth-order valence-corrected chi connectivity index (χ4v) is 3.60. The minimum absolute atomic E-state index is 0.00168. The number of rotatable bonds is 4. The van der Waals surface area contributed by atoms with E-state index in [1.165, 1.54) is 29.5 Å². The number of hydrogen-bond acceptors (Lipinski definition) is 4. The molecule has 0 saturated carbocycles. The average Bonchev–Trinajstić information content (AvgIpc) is 3.47. The Morgan fingerprint density at radius 2 is 2.06 bits per heavy atom. The second-order valence-electron chi connectivity index (χ2n) is 7.27. The van der Waals surface area contributed by atoms with Crippen LogP contribution in [0, 0.1) is 5.92 Å². The minimum atomic E-state index is -4.55. The number of piperidine rings is 1. The third kappa shape index (κ3) is 4.47. The van der Waals surface area contributed by atoms with Gasteiger partial charge in [0.2, 0.25) is 5.91 Å². The van der Waals surface area contributed by atoms with Crippen LogP contribution in [-0.4, -0.2) is 39.6 Å². The van der Waals surface area contributed by atoms with Gasteiger partial charge in [0.05, 0.1) is 34.7 Å². The zero-order valence-corrected chi connectivity index (χ0v) is 16.3. The van der Waals surface area contributed by atoms with Crippen molar-refractivity contribution >= 4 is 17.5 Å². The SMILES string of the molecule is O=C(Nc1cc(C(F)(F)F)ccc1-n1cccn1)C1CCCN(C(=O)c2ccoc2)C1. The van der Waals surface area contributed by atoms with Crippen LogP contribution in [-0.2, 0) is 11.0 Å². The predicted molar refractivity (Wildman–Crippen MR) is 105 cm³/mol. The van der Waals surface area contributed by atoms with E-state index in [-0.39, 0.29) is 18.1 Å². The first-order valence-corrected chi connectivity index (χ1v) is 9.66. The van der Waals surface area contributed by atoms with E-state index in [1.54, 1.807) is 23.2 Å². The lowest BCUT2D eigenvalue weighted by molar-refractivity contribution is -0.137. The third-order valence-electron chi connectivity index (χ3n) is 5.18. The lowest BCUT2D eigenvalue weighted by Crippen LogP contribution is -2.43. The van der Waals surface area contributed by atoms with Gasteiger partial charge in [0, 0.05) is 25.5 Å². The van der Waals surface area contributed by atoms with Crippen LogP contribution in [0.3, 0.4) is 0 Å². The zero-order valence-electron chi connectivity index (χ0n) is 16.3. The number of nitrogens with one attached hydrogen (secondary N) is 1. The van der Waals surface area contributed by atoms with Crippen molar-refractivity contribution in [3.05, 3.63) is 66.4 Å². The van der Waals surface area contributed by atoms with Crippen molar-refractivity contribution in [3.63, 3.8) is 0 Å². The van der Waals surface area contributed by atoms with Gasteiger partial charge in [0.1, 0.15) is 6.26 Å². The standard InChI is InChI=1S/C21H19F3N4O3/c22-21(23,24)16-4-5-18(28-9-2-7-25-28)17(11-16)26-19(29)14-3-1-8-27(12-14)20(30)15-6-10-31-13-15/h2,4-7,9-11,13-14H,1,3,8,12H2,(H,26,29). The number of halogens is 3. The van der Waals surface area contributed by atoms with E-state index in [4.69, 9.17) is 4.42 Å². The summed E-state index contributed by atoms with van der Waals surface area (Å²) in [7, 11) is 0. The van der Waals surface area contributed by atoms with Gasteiger partial charge in [0.15, 0.2) is 0 Å². The molecule has 0 bridgehead atoms. The Kier molecular flexibility index (Phi) is 5.53. The summed E-state index contributed by atoms with van der Waals surface area (Å²) in [5.74, 6) is -1.25. The summed E-state index contributed by atoms with van der Waals surface area (Å²) in [6, 6.07) is 6.28. The van der Waals surface area contributed by atoms with Crippen LogP contribution in [0.2, 0.25) is 0 Å². The molecule has 1 atom stereocenters. The Hall–Kier alpha value is -3.56. The van der Waals surface area contributed by atoms with Crippen LogP contribution in [0.15, 0.2) is 59.7 Å².